The molecule has 0 aromatic heterocycles. The highest BCUT2D eigenvalue weighted by atomic mass is 16.3. The molecule has 18 heavy (non-hydrogen) atoms. The van der Waals surface area contributed by atoms with Gasteiger partial charge in [-0.15, -0.1) is 0 Å². The maximum atomic E-state index is 9.36. The number of aliphatic hydroxyl groups excluding tert-OH is 2. The standard InChI is InChI=1S/C15H23NO2/c1-16(10-15(18)11-17)8-7-12-5-6-13-3-2-4-14(13)9-12/h5-6,9,15,17-18H,2-4,7-8,10-11H2,1H3. The monoisotopic (exact) mass is 249 g/mol. The van der Waals surface area contributed by atoms with E-state index in [1.165, 1.54) is 36.0 Å². The highest BCUT2D eigenvalue weighted by Crippen LogP contribution is 2.22. The summed E-state index contributed by atoms with van der Waals surface area (Å²) in [5, 5.41) is 18.2. The molecule has 2 N–H and O–H groups in total. The van der Waals surface area contributed by atoms with Gasteiger partial charge in [-0.05, 0) is 49.4 Å². The summed E-state index contributed by atoms with van der Waals surface area (Å²) in [6.45, 7) is 1.28. The minimum atomic E-state index is -0.630. The lowest BCUT2D eigenvalue weighted by Gasteiger charge is -2.19. The molecule has 0 aliphatic heterocycles. The number of hydrogen-bond acceptors (Lipinski definition) is 3. The van der Waals surface area contributed by atoms with Crippen LogP contribution in [0.1, 0.15) is 23.1 Å². The quantitative estimate of drug-likeness (QED) is 0.790. The van der Waals surface area contributed by atoms with Crippen LogP contribution in [-0.4, -0.2) is 48.0 Å². The van der Waals surface area contributed by atoms with Crippen LogP contribution in [0.3, 0.4) is 0 Å². The molecule has 1 aromatic rings. The Bertz CT molecular complexity index is 392. The van der Waals surface area contributed by atoms with E-state index in [0.29, 0.717) is 6.54 Å². The van der Waals surface area contributed by atoms with Crippen LogP contribution < -0.4 is 0 Å². The molecule has 3 nitrogen and oxygen atoms in total. The van der Waals surface area contributed by atoms with Gasteiger partial charge in [-0.2, -0.15) is 0 Å². The number of fused-ring (bicyclic) bond motifs is 1. The zero-order chi connectivity index (χ0) is 13.0. The van der Waals surface area contributed by atoms with Crippen LogP contribution in [0.25, 0.3) is 0 Å². The first kappa shape index (κ1) is 13.5. The van der Waals surface area contributed by atoms with Gasteiger partial charge >= 0.3 is 0 Å². The summed E-state index contributed by atoms with van der Waals surface area (Å²) in [6, 6.07) is 6.82. The van der Waals surface area contributed by atoms with Crippen LogP contribution >= 0.6 is 0 Å². The predicted molar refractivity (Wildman–Crippen MR) is 72.8 cm³/mol. The first-order valence-corrected chi connectivity index (χ1v) is 6.77. The second kappa shape index (κ2) is 6.32. The molecule has 0 saturated carbocycles. The number of benzene rings is 1. The van der Waals surface area contributed by atoms with E-state index in [2.05, 4.69) is 23.1 Å². The molecule has 0 radical (unpaired) electrons. The molecule has 1 aliphatic carbocycles. The number of nitrogens with zero attached hydrogens (tertiary/aromatic N) is 1. The molecule has 3 heteroatoms. The number of aliphatic hydroxyl groups is 2. The van der Waals surface area contributed by atoms with Crippen molar-refractivity contribution in [1.29, 1.82) is 0 Å². The molecule has 2 rings (SSSR count). The lowest BCUT2D eigenvalue weighted by molar-refractivity contribution is 0.0669. The van der Waals surface area contributed by atoms with Crippen molar-refractivity contribution in [3.63, 3.8) is 0 Å². The molecular weight excluding hydrogens is 226 g/mol. The van der Waals surface area contributed by atoms with E-state index >= 15 is 0 Å². The Balaban J connectivity index is 1.83. The normalized spacial score (nSPS) is 16.0. The van der Waals surface area contributed by atoms with Crippen molar-refractivity contribution in [2.75, 3.05) is 26.7 Å². The topological polar surface area (TPSA) is 43.7 Å². The third-order valence-electron chi connectivity index (χ3n) is 3.68. The van der Waals surface area contributed by atoms with Gasteiger partial charge in [0.2, 0.25) is 0 Å². The third-order valence-corrected chi connectivity index (χ3v) is 3.68. The zero-order valence-electron chi connectivity index (χ0n) is 11.1. The van der Waals surface area contributed by atoms with Crippen LogP contribution in [0.5, 0.6) is 0 Å². The van der Waals surface area contributed by atoms with Gasteiger partial charge in [-0.3, -0.25) is 0 Å². The van der Waals surface area contributed by atoms with Crippen molar-refractivity contribution in [2.24, 2.45) is 0 Å². The molecule has 1 unspecified atom stereocenters. The van der Waals surface area contributed by atoms with E-state index in [1.807, 2.05) is 7.05 Å². The number of aryl methyl sites for hydroxylation is 2. The summed E-state index contributed by atoms with van der Waals surface area (Å²) in [4.78, 5) is 2.06. The second-order valence-corrected chi connectivity index (χ2v) is 5.31. The van der Waals surface area contributed by atoms with Gasteiger partial charge in [0, 0.05) is 13.1 Å². The number of likely N-dealkylation sites (N-methyl/N-ethyl adjacent to an activating group) is 1. The number of hydrogen-bond donors (Lipinski definition) is 2. The van der Waals surface area contributed by atoms with E-state index < -0.39 is 6.10 Å². The summed E-state index contributed by atoms with van der Waals surface area (Å²) in [7, 11) is 1.98. The SMILES string of the molecule is CN(CCc1ccc2c(c1)CCC2)CC(O)CO. The lowest BCUT2D eigenvalue weighted by Crippen LogP contribution is -2.32. The summed E-state index contributed by atoms with van der Waals surface area (Å²) in [6.07, 6.45) is 4.12. The molecular formula is C15H23NO2. The van der Waals surface area contributed by atoms with E-state index in [4.69, 9.17) is 5.11 Å². The molecule has 1 aliphatic rings. The Morgan fingerprint density at radius 2 is 2.06 bits per heavy atom. The molecule has 1 atom stereocenters. The van der Waals surface area contributed by atoms with Gasteiger partial charge in [0.15, 0.2) is 0 Å². The highest BCUT2D eigenvalue weighted by molar-refractivity contribution is 5.35. The minimum Gasteiger partial charge on any atom is -0.394 e. The van der Waals surface area contributed by atoms with Crippen LogP contribution in [0.2, 0.25) is 0 Å². The minimum absolute atomic E-state index is 0.164. The van der Waals surface area contributed by atoms with Crippen LogP contribution in [0.4, 0.5) is 0 Å². The van der Waals surface area contributed by atoms with Crippen molar-refractivity contribution < 1.29 is 10.2 Å². The Kier molecular flexibility index (Phi) is 4.75. The average Bonchev–Trinajstić information content (AvgIpc) is 2.83. The van der Waals surface area contributed by atoms with Gasteiger partial charge in [0.1, 0.15) is 0 Å². The third kappa shape index (κ3) is 3.55. The summed E-state index contributed by atoms with van der Waals surface area (Å²) in [5.41, 5.74) is 4.41. The first-order valence-electron chi connectivity index (χ1n) is 6.77. The zero-order valence-corrected chi connectivity index (χ0v) is 11.1. The van der Waals surface area contributed by atoms with Gasteiger partial charge in [-0.1, -0.05) is 18.2 Å². The Hall–Kier alpha value is -0.900. The van der Waals surface area contributed by atoms with Gasteiger partial charge < -0.3 is 15.1 Å². The van der Waals surface area contributed by atoms with Crippen LogP contribution in [0, 0.1) is 0 Å². The smallest absolute Gasteiger partial charge is 0.0897 e. The van der Waals surface area contributed by atoms with Crippen LogP contribution in [0.15, 0.2) is 18.2 Å². The largest absolute Gasteiger partial charge is 0.394 e. The average molecular weight is 249 g/mol. The summed E-state index contributed by atoms with van der Waals surface area (Å²) < 4.78 is 0. The van der Waals surface area contributed by atoms with Gasteiger partial charge in [-0.25, -0.2) is 0 Å². The second-order valence-electron chi connectivity index (χ2n) is 5.31. The Morgan fingerprint density at radius 1 is 1.28 bits per heavy atom. The molecule has 0 fully saturated rings. The summed E-state index contributed by atoms with van der Waals surface area (Å²) >= 11 is 0. The van der Waals surface area contributed by atoms with Crippen LogP contribution in [-0.2, 0) is 19.3 Å². The van der Waals surface area contributed by atoms with Crippen molar-refractivity contribution in [3.05, 3.63) is 34.9 Å². The predicted octanol–water partition coefficient (Wildman–Crippen LogP) is 1.00. The maximum Gasteiger partial charge on any atom is 0.0897 e. The van der Waals surface area contributed by atoms with Crippen molar-refractivity contribution in [2.45, 2.75) is 31.8 Å². The van der Waals surface area contributed by atoms with E-state index in [0.717, 1.165) is 13.0 Å². The summed E-state index contributed by atoms with van der Waals surface area (Å²) in [5.74, 6) is 0. The molecule has 100 valence electrons. The Labute approximate surface area is 109 Å². The van der Waals surface area contributed by atoms with Crippen molar-refractivity contribution >= 4 is 0 Å². The van der Waals surface area contributed by atoms with Gasteiger partial charge in [0.05, 0.1) is 12.7 Å². The molecule has 0 bridgehead atoms. The Morgan fingerprint density at radius 3 is 2.83 bits per heavy atom. The molecule has 0 spiro atoms. The van der Waals surface area contributed by atoms with Crippen molar-refractivity contribution in [1.82, 2.24) is 4.90 Å². The van der Waals surface area contributed by atoms with E-state index in [1.54, 1.807) is 0 Å². The van der Waals surface area contributed by atoms with Crippen molar-refractivity contribution in [3.8, 4) is 0 Å². The fraction of sp³-hybridized carbons (Fsp3) is 0.600. The highest BCUT2D eigenvalue weighted by Gasteiger charge is 2.11. The number of rotatable bonds is 6. The first-order chi connectivity index (χ1) is 8.69. The van der Waals surface area contributed by atoms with Gasteiger partial charge in [0.25, 0.3) is 0 Å². The molecule has 0 saturated heterocycles. The fourth-order valence-electron chi connectivity index (χ4n) is 2.61. The fourth-order valence-corrected chi connectivity index (χ4v) is 2.61. The molecule has 0 heterocycles. The van der Waals surface area contributed by atoms with E-state index in [-0.39, 0.29) is 6.61 Å². The molecule has 0 amide bonds. The van der Waals surface area contributed by atoms with E-state index in [9.17, 15) is 5.11 Å². The maximum absolute atomic E-state index is 9.36. The molecule has 1 aromatic carbocycles. The lowest BCUT2D eigenvalue weighted by atomic mass is 10.0.